The van der Waals surface area contributed by atoms with Gasteiger partial charge in [-0.2, -0.15) is 0 Å². The van der Waals surface area contributed by atoms with Crippen LogP contribution in [0.4, 0.5) is 0 Å². The number of rotatable bonds is 5. The number of piperidine rings is 1. The standard InChI is InChI=1S/C23H34N4O2/c24-23(29)22-18(6-5-17-3-1-2-4-20(17)22)7-8-21(28)27-13-9-19(10-14-27)26-15-11-25-12-16-26/h5-6,19,25H,1-4,7-16H2,(H2,24,29). The monoisotopic (exact) mass is 398 g/mol. The van der Waals surface area contributed by atoms with Gasteiger partial charge in [0.25, 0.3) is 0 Å². The van der Waals surface area contributed by atoms with Gasteiger partial charge >= 0.3 is 0 Å². The first kappa shape index (κ1) is 20.4. The lowest BCUT2D eigenvalue weighted by Crippen LogP contribution is -2.52. The van der Waals surface area contributed by atoms with Gasteiger partial charge < -0.3 is 16.0 Å². The molecule has 1 aromatic carbocycles. The van der Waals surface area contributed by atoms with Gasteiger partial charge in [-0.25, -0.2) is 0 Å². The Balaban J connectivity index is 1.34. The maximum absolute atomic E-state index is 12.8. The molecule has 0 unspecified atom stereocenters. The molecule has 158 valence electrons. The van der Waals surface area contributed by atoms with E-state index in [0.29, 0.717) is 24.4 Å². The summed E-state index contributed by atoms with van der Waals surface area (Å²) < 4.78 is 0. The Morgan fingerprint density at radius 2 is 1.76 bits per heavy atom. The number of carbonyl (C=O) groups is 2. The second-order valence-electron chi connectivity index (χ2n) is 8.71. The van der Waals surface area contributed by atoms with Crippen LogP contribution in [0.2, 0.25) is 0 Å². The Kier molecular flexibility index (Phi) is 6.50. The summed E-state index contributed by atoms with van der Waals surface area (Å²) in [4.78, 5) is 29.5. The van der Waals surface area contributed by atoms with Crippen LogP contribution in [0.15, 0.2) is 12.1 Å². The van der Waals surface area contributed by atoms with Crippen LogP contribution in [0.5, 0.6) is 0 Å². The van der Waals surface area contributed by atoms with E-state index < -0.39 is 0 Å². The lowest BCUT2D eigenvalue weighted by molar-refractivity contribution is -0.132. The molecule has 0 aromatic heterocycles. The molecule has 2 fully saturated rings. The van der Waals surface area contributed by atoms with Crippen molar-refractivity contribution in [1.29, 1.82) is 0 Å². The number of hydrogen-bond donors (Lipinski definition) is 2. The fourth-order valence-corrected chi connectivity index (χ4v) is 5.32. The van der Waals surface area contributed by atoms with Gasteiger partial charge in [-0.1, -0.05) is 12.1 Å². The molecule has 1 aromatic rings. The Labute approximate surface area is 173 Å². The molecule has 29 heavy (non-hydrogen) atoms. The molecule has 3 aliphatic rings. The Morgan fingerprint density at radius 1 is 1.03 bits per heavy atom. The van der Waals surface area contributed by atoms with Crippen LogP contribution in [0.3, 0.4) is 0 Å². The summed E-state index contributed by atoms with van der Waals surface area (Å²) in [6.07, 6.45) is 7.42. The Morgan fingerprint density at radius 3 is 2.48 bits per heavy atom. The molecule has 0 spiro atoms. The van der Waals surface area contributed by atoms with Crippen LogP contribution >= 0.6 is 0 Å². The number of piperazine rings is 1. The number of fused-ring (bicyclic) bond motifs is 1. The molecule has 0 saturated carbocycles. The molecule has 2 amide bonds. The van der Waals surface area contributed by atoms with Crippen molar-refractivity contribution >= 4 is 11.8 Å². The van der Waals surface area contributed by atoms with Crippen LogP contribution in [0.1, 0.15) is 59.2 Å². The lowest BCUT2D eigenvalue weighted by Gasteiger charge is -2.40. The van der Waals surface area contributed by atoms with Crippen LogP contribution in [-0.2, 0) is 24.1 Å². The van der Waals surface area contributed by atoms with E-state index in [2.05, 4.69) is 16.3 Å². The highest BCUT2D eigenvalue weighted by atomic mass is 16.2. The number of aryl methyl sites for hydroxylation is 2. The summed E-state index contributed by atoms with van der Waals surface area (Å²) in [6.45, 7) is 6.07. The fraction of sp³-hybridized carbons (Fsp3) is 0.652. The van der Waals surface area contributed by atoms with Gasteiger partial charge in [0.05, 0.1) is 0 Å². The number of likely N-dealkylation sites (tertiary alicyclic amines) is 1. The quantitative estimate of drug-likeness (QED) is 0.788. The van der Waals surface area contributed by atoms with E-state index in [9.17, 15) is 9.59 Å². The first-order valence-electron chi connectivity index (χ1n) is 11.3. The molecule has 6 nitrogen and oxygen atoms in total. The van der Waals surface area contributed by atoms with Gasteiger partial charge in [0.1, 0.15) is 0 Å². The maximum Gasteiger partial charge on any atom is 0.249 e. The zero-order valence-corrected chi connectivity index (χ0v) is 17.4. The van der Waals surface area contributed by atoms with Crippen molar-refractivity contribution in [2.45, 2.75) is 57.4 Å². The van der Waals surface area contributed by atoms with E-state index in [1.54, 1.807) is 0 Å². The van der Waals surface area contributed by atoms with Crippen molar-refractivity contribution in [3.05, 3.63) is 34.4 Å². The van der Waals surface area contributed by atoms with Gasteiger partial charge in [0, 0.05) is 57.3 Å². The predicted molar refractivity (Wildman–Crippen MR) is 114 cm³/mol. The molecule has 1 aliphatic carbocycles. The molecule has 0 atom stereocenters. The number of primary amides is 1. The predicted octanol–water partition coefficient (Wildman–Crippen LogP) is 1.49. The van der Waals surface area contributed by atoms with E-state index in [-0.39, 0.29) is 11.8 Å². The summed E-state index contributed by atoms with van der Waals surface area (Å²) in [6, 6.07) is 4.77. The van der Waals surface area contributed by atoms with Crippen molar-refractivity contribution in [2.75, 3.05) is 39.3 Å². The van der Waals surface area contributed by atoms with E-state index in [0.717, 1.165) is 82.5 Å². The van der Waals surface area contributed by atoms with Gasteiger partial charge in [-0.15, -0.1) is 0 Å². The third-order valence-corrected chi connectivity index (χ3v) is 6.96. The van der Waals surface area contributed by atoms with Gasteiger partial charge in [-0.3, -0.25) is 14.5 Å². The molecule has 3 N–H and O–H groups in total. The highest BCUT2D eigenvalue weighted by Crippen LogP contribution is 2.28. The molecule has 6 heteroatoms. The third-order valence-electron chi connectivity index (χ3n) is 6.96. The molecule has 0 radical (unpaired) electrons. The number of amides is 2. The topological polar surface area (TPSA) is 78.7 Å². The fourth-order valence-electron chi connectivity index (χ4n) is 5.32. The molecular weight excluding hydrogens is 364 g/mol. The third kappa shape index (κ3) is 4.64. The van der Waals surface area contributed by atoms with Crippen molar-refractivity contribution in [3.8, 4) is 0 Å². The SMILES string of the molecule is NC(=O)c1c(CCC(=O)N2CCC(N3CCNCC3)CC2)ccc2c1CCCC2. The molecular formula is C23H34N4O2. The van der Waals surface area contributed by atoms with E-state index in [1.807, 2.05) is 11.0 Å². The van der Waals surface area contributed by atoms with Gasteiger partial charge in [-0.05, 0) is 61.6 Å². The largest absolute Gasteiger partial charge is 0.366 e. The van der Waals surface area contributed by atoms with Crippen molar-refractivity contribution in [2.24, 2.45) is 5.73 Å². The minimum absolute atomic E-state index is 0.205. The van der Waals surface area contributed by atoms with E-state index in [1.165, 1.54) is 12.0 Å². The maximum atomic E-state index is 12.8. The van der Waals surface area contributed by atoms with E-state index >= 15 is 0 Å². The summed E-state index contributed by atoms with van der Waals surface area (Å²) in [5, 5.41) is 3.41. The average molecular weight is 399 g/mol. The molecule has 0 bridgehead atoms. The second-order valence-corrected chi connectivity index (χ2v) is 8.71. The minimum atomic E-state index is -0.344. The van der Waals surface area contributed by atoms with Gasteiger partial charge in [0.2, 0.25) is 11.8 Å². The summed E-state index contributed by atoms with van der Waals surface area (Å²) in [5.41, 5.74) is 9.75. The molecule has 2 aliphatic heterocycles. The number of benzene rings is 1. The van der Waals surface area contributed by atoms with Crippen LogP contribution in [-0.4, -0.2) is 66.9 Å². The molecule has 2 heterocycles. The number of nitrogens with one attached hydrogen (secondary N) is 1. The minimum Gasteiger partial charge on any atom is -0.366 e. The second kappa shape index (κ2) is 9.26. The number of nitrogens with zero attached hydrogens (tertiary/aromatic N) is 2. The number of nitrogens with two attached hydrogens (primary N) is 1. The summed E-state index contributed by atoms with van der Waals surface area (Å²) >= 11 is 0. The first-order chi connectivity index (χ1) is 14.1. The number of carbonyl (C=O) groups excluding carboxylic acids is 2. The Hall–Kier alpha value is -1.92. The zero-order chi connectivity index (χ0) is 20.2. The van der Waals surface area contributed by atoms with Crippen LogP contribution in [0, 0.1) is 0 Å². The lowest BCUT2D eigenvalue weighted by atomic mass is 9.84. The van der Waals surface area contributed by atoms with Crippen molar-refractivity contribution in [3.63, 3.8) is 0 Å². The Bertz CT molecular complexity index is 749. The first-order valence-corrected chi connectivity index (χ1v) is 11.3. The highest BCUT2D eigenvalue weighted by Gasteiger charge is 2.28. The molecule has 4 rings (SSSR count). The van der Waals surface area contributed by atoms with Crippen LogP contribution < -0.4 is 11.1 Å². The van der Waals surface area contributed by atoms with Crippen LogP contribution in [0.25, 0.3) is 0 Å². The highest BCUT2D eigenvalue weighted by molar-refractivity contribution is 5.96. The normalized spacial score (nSPS) is 21.0. The smallest absolute Gasteiger partial charge is 0.249 e. The van der Waals surface area contributed by atoms with Gasteiger partial charge in [0.15, 0.2) is 0 Å². The van der Waals surface area contributed by atoms with Crippen molar-refractivity contribution < 1.29 is 9.59 Å². The molecule has 2 saturated heterocycles. The summed E-state index contributed by atoms with van der Waals surface area (Å²) in [5.74, 6) is -0.139. The van der Waals surface area contributed by atoms with Crippen molar-refractivity contribution in [1.82, 2.24) is 15.1 Å². The number of hydrogen-bond acceptors (Lipinski definition) is 4. The average Bonchev–Trinajstić information content (AvgIpc) is 2.77. The summed E-state index contributed by atoms with van der Waals surface area (Å²) in [7, 11) is 0. The zero-order valence-electron chi connectivity index (χ0n) is 17.4. The van der Waals surface area contributed by atoms with E-state index in [4.69, 9.17) is 5.73 Å².